The molecule has 1 aromatic rings. The predicted molar refractivity (Wildman–Crippen MR) is 70.6 cm³/mol. The molecule has 0 spiro atoms. The third kappa shape index (κ3) is 3.63. The summed E-state index contributed by atoms with van der Waals surface area (Å²) in [5.41, 5.74) is 1.16. The smallest absolute Gasteiger partial charge is 0.234 e. The highest BCUT2D eigenvalue weighted by Gasteiger charge is 2.17. The van der Waals surface area contributed by atoms with Crippen LogP contribution in [-0.4, -0.2) is 10.7 Å². The zero-order valence-corrected chi connectivity index (χ0v) is 11.3. The molecule has 0 saturated carbocycles. The van der Waals surface area contributed by atoms with Crippen molar-refractivity contribution < 1.29 is 4.79 Å². The largest absolute Gasteiger partial charge is 0.348 e. The van der Waals surface area contributed by atoms with Gasteiger partial charge in [0.2, 0.25) is 5.91 Å². The van der Waals surface area contributed by atoms with Crippen molar-refractivity contribution >= 4 is 21.8 Å². The van der Waals surface area contributed by atoms with Crippen LogP contribution in [0.2, 0.25) is 0 Å². The number of carbonyl (C=O) groups is 1. The third-order valence-corrected chi connectivity index (χ3v) is 3.63. The van der Waals surface area contributed by atoms with Crippen molar-refractivity contribution in [3.63, 3.8) is 0 Å². The van der Waals surface area contributed by atoms with Crippen molar-refractivity contribution in [1.82, 2.24) is 5.32 Å². The molecule has 0 heterocycles. The zero-order chi connectivity index (χ0) is 12.0. The number of rotatable bonds is 5. The number of amides is 1. The van der Waals surface area contributed by atoms with E-state index in [1.54, 1.807) is 0 Å². The molecule has 0 aliphatic rings. The van der Waals surface area contributed by atoms with Gasteiger partial charge < -0.3 is 5.32 Å². The summed E-state index contributed by atoms with van der Waals surface area (Å²) in [5.74, 6) is 0.0678. The van der Waals surface area contributed by atoms with Crippen LogP contribution >= 0.6 is 15.9 Å². The minimum atomic E-state index is -0.0923. The monoisotopic (exact) mass is 283 g/mol. The molecular formula is C13H18BrNO. The molecule has 0 unspecified atom stereocenters. The van der Waals surface area contributed by atoms with Gasteiger partial charge in [-0.15, -0.1) is 0 Å². The molecule has 3 heteroatoms. The van der Waals surface area contributed by atoms with Gasteiger partial charge >= 0.3 is 0 Å². The maximum atomic E-state index is 11.8. The number of benzene rings is 1. The Labute approximate surface area is 106 Å². The first-order valence-electron chi connectivity index (χ1n) is 5.68. The summed E-state index contributed by atoms with van der Waals surface area (Å²) in [4.78, 5) is 11.7. The molecular weight excluding hydrogens is 266 g/mol. The fraction of sp³-hybridized carbons (Fsp3) is 0.462. The summed E-state index contributed by atoms with van der Waals surface area (Å²) >= 11 is 3.36. The van der Waals surface area contributed by atoms with E-state index >= 15 is 0 Å². The molecule has 1 N–H and O–H groups in total. The van der Waals surface area contributed by atoms with E-state index in [1.165, 1.54) is 0 Å². The number of halogens is 1. The van der Waals surface area contributed by atoms with Crippen LogP contribution in [0.1, 0.15) is 38.3 Å². The minimum Gasteiger partial charge on any atom is -0.348 e. The summed E-state index contributed by atoms with van der Waals surface area (Å²) in [7, 11) is 0. The summed E-state index contributed by atoms with van der Waals surface area (Å²) < 4.78 is 0. The van der Waals surface area contributed by atoms with Gasteiger partial charge in [-0.05, 0) is 18.4 Å². The topological polar surface area (TPSA) is 29.1 Å². The average molecular weight is 284 g/mol. The Hall–Kier alpha value is -0.830. The second-order valence-electron chi connectivity index (χ2n) is 3.76. The molecule has 0 saturated heterocycles. The van der Waals surface area contributed by atoms with E-state index < -0.39 is 0 Å². The van der Waals surface area contributed by atoms with Crippen LogP contribution in [0.5, 0.6) is 0 Å². The normalized spacial score (nSPS) is 14.2. The van der Waals surface area contributed by atoms with E-state index in [2.05, 4.69) is 28.2 Å². The number of carbonyl (C=O) groups excluding carboxylic acids is 1. The van der Waals surface area contributed by atoms with Crippen molar-refractivity contribution in [2.24, 2.45) is 0 Å². The molecule has 1 rings (SSSR count). The lowest BCUT2D eigenvalue weighted by Crippen LogP contribution is -2.33. The van der Waals surface area contributed by atoms with Crippen LogP contribution in [0.25, 0.3) is 0 Å². The molecule has 1 aromatic carbocycles. The summed E-state index contributed by atoms with van der Waals surface area (Å²) in [6.07, 6.45) is 1.70. The van der Waals surface area contributed by atoms with Gasteiger partial charge in [0.1, 0.15) is 0 Å². The number of alkyl halides is 1. The first kappa shape index (κ1) is 13.2. The van der Waals surface area contributed by atoms with Crippen molar-refractivity contribution in [3.8, 4) is 0 Å². The molecule has 0 aliphatic heterocycles. The first-order valence-corrected chi connectivity index (χ1v) is 6.60. The van der Waals surface area contributed by atoms with E-state index in [0.29, 0.717) is 0 Å². The highest BCUT2D eigenvalue weighted by atomic mass is 79.9. The lowest BCUT2D eigenvalue weighted by atomic mass is 10.0. The Morgan fingerprint density at radius 1 is 1.25 bits per heavy atom. The van der Waals surface area contributed by atoms with Crippen LogP contribution in [0, 0.1) is 0 Å². The molecule has 2 atom stereocenters. The van der Waals surface area contributed by atoms with Crippen LogP contribution in [0.15, 0.2) is 30.3 Å². The fourth-order valence-corrected chi connectivity index (χ4v) is 1.69. The number of hydrogen-bond acceptors (Lipinski definition) is 1. The lowest BCUT2D eigenvalue weighted by molar-refractivity contribution is -0.121. The van der Waals surface area contributed by atoms with E-state index in [1.807, 2.05) is 37.3 Å². The van der Waals surface area contributed by atoms with E-state index in [9.17, 15) is 4.79 Å². The third-order valence-electron chi connectivity index (χ3n) is 2.57. The van der Waals surface area contributed by atoms with Gasteiger partial charge in [-0.3, -0.25) is 4.79 Å². The Balaban J connectivity index is 2.66. The molecule has 0 bridgehead atoms. The minimum absolute atomic E-state index is 0.0678. The van der Waals surface area contributed by atoms with Crippen molar-refractivity contribution in [2.75, 3.05) is 0 Å². The molecule has 1 amide bonds. The van der Waals surface area contributed by atoms with E-state index in [-0.39, 0.29) is 16.8 Å². The fourth-order valence-electron chi connectivity index (χ4n) is 1.55. The van der Waals surface area contributed by atoms with Crippen LogP contribution in [0.3, 0.4) is 0 Å². The zero-order valence-electron chi connectivity index (χ0n) is 9.74. The highest BCUT2D eigenvalue weighted by Crippen LogP contribution is 2.17. The van der Waals surface area contributed by atoms with Gasteiger partial charge in [-0.1, -0.05) is 60.1 Å². The quantitative estimate of drug-likeness (QED) is 0.825. The van der Waals surface area contributed by atoms with Crippen LogP contribution in [-0.2, 0) is 4.79 Å². The second kappa shape index (κ2) is 6.69. The Morgan fingerprint density at radius 3 is 2.38 bits per heavy atom. The van der Waals surface area contributed by atoms with Crippen molar-refractivity contribution in [2.45, 2.75) is 37.6 Å². The SMILES string of the molecule is CC[C@@H](Br)C(=O)N[C@@H](CC)c1ccccc1. The molecule has 88 valence electrons. The van der Waals surface area contributed by atoms with Gasteiger partial charge in [0.05, 0.1) is 10.9 Å². The van der Waals surface area contributed by atoms with Crippen molar-refractivity contribution in [1.29, 1.82) is 0 Å². The number of nitrogens with one attached hydrogen (secondary N) is 1. The summed E-state index contributed by atoms with van der Waals surface area (Å²) in [6, 6.07) is 10.2. The molecule has 16 heavy (non-hydrogen) atoms. The van der Waals surface area contributed by atoms with Gasteiger partial charge in [-0.25, -0.2) is 0 Å². The van der Waals surface area contributed by atoms with Gasteiger partial charge in [0.15, 0.2) is 0 Å². The molecule has 0 aromatic heterocycles. The lowest BCUT2D eigenvalue weighted by Gasteiger charge is -2.19. The Bertz CT molecular complexity index is 326. The van der Waals surface area contributed by atoms with E-state index in [0.717, 1.165) is 18.4 Å². The highest BCUT2D eigenvalue weighted by molar-refractivity contribution is 9.10. The Morgan fingerprint density at radius 2 is 1.88 bits per heavy atom. The average Bonchev–Trinajstić information content (AvgIpc) is 2.35. The maximum Gasteiger partial charge on any atom is 0.234 e. The molecule has 0 radical (unpaired) electrons. The Kier molecular flexibility index (Phi) is 5.53. The summed E-state index contributed by atoms with van der Waals surface area (Å²) in [5, 5.41) is 3.05. The van der Waals surface area contributed by atoms with Gasteiger partial charge in [-0.2, -0.15) is 0 Å². The van der Waals surface area contributed by atoms with Crippen LogP contribution in [0.4, 0.5) is 0 Å². The van der Waals surface area contributed by atoms with Crippen molar-refractivity contribution in [3.05, 3.63) is 35.9 Å². The maximum absolute atomic E-state index is 11.8. The number of hydrogen-bond donors (Lipinski definition) is 1. The second-order valence-corrected chi connectivity index (χ2v) is 4.86. The van der Waals surface area contributed by atoms with E-state index in [4.69, 9.17) is 0 Å². The van der Waals surface area contributed by atoms with Gasteiger partial charge in [0, 0.05) is 0 Å². The molecule has 2 nitrogen and oxygen atoms in total. The molecule has 0 aliphatic carbocycles. The van der Waals surface area contributed by atoms with Gasteiger partial charge in [0.25, 0.3) is 0 Å². The van der Waals surface area contributed by atoms with Crippen LogP contribution < -0.4 is 5.32 Å². The first-order chi connectivity index (χ1) is 7.69. The molecule has 0 fully saturated rings. The standard InChI is InChI=1S/C13H18BrNO/c1-3-11(14)13(16)15-12(4-2)10-8-6-5-7-9-10/h5-9,11-12H,3-4H2,1-2H3,(H,15,16)/t11-,12+/m1/s1. The summed E-state index contributed by atoms with van der Waals surface area (Å²) in [6.45, 7) is 4.07. The predicted octanol–water partition coefficient (Wildman–Crippen LogP) is 3.43.